The summed E-state index contributed by atoms with van der Waals surface area (Å²) in [5, 5.41) is 3.06. The minimum Gasteiger partial charge on any atom is -0.316 e. The van der Waals surface area contributed by atoms with Gasteiger partial charge in [-0.15, -0.1) is 0 Å². The molecule has 0 aliphatic carbocycles. The molecular weight excluding hydrogens is 294 g/mol. The molecular formula is C10H11Br2N. The standard InChI is InChI=1S/C10H11Br2N/c1-13-7-3-4-8-9(11)5-2-6-10(8)12/h2-6,13H,7H2,1H3. The van der Waals surface area contributed by atoms with Crippen molar-refractivity contribution in [2.75, 3.05) is 13.6 Å². The molecule has 1 aromatic rings. The van der Waals surface area contributed by atoms with Crippen LogP contribution in [0.5, 0.6) is 0 Å². The molecule has 1 aromatic carbocycles. The van der Waals surface area contributed by atoms with Gasteiger partial charge in [0.1, 0.15) is 0 Å². The molecule has 0 aliphatic heterocycles. The van der Waals surface area contributed by atoms with Gasteiger partial charge in [-0.25, -0.2) is 0 Å². The van der Waals surface area contributed by atoms with Gasteiger partial charge < -0.3 is 5.32 Å². The van der Waals surface area contributed by atoms with Gasteiger partial charge >= 0.3 is 0 Å². The molecule has 0 heterocycles. The lowest BCUT2D eigenvalue weighted by Crippen LogP contribution is -2.03. The van der Waals surface area contributed by atoms with Gasteiger partial charge in [-0.3, -0.25) is 0 Å². The molecule has 0 aromatic heterocycles. The summed E-state index contributed by atoms with van der Waals surface area (Å²) >= 11 is 7.00. The Morgan fingerprint density at radius 2 is 1.92 bits per heavy atom. The lowest BCUT2D eigenvalue weighted by Gasteiger charge is -2.00. The maximum absolute atomic E-state index is 3.50. The summed E-state index contributed by atoms with van der Waals surface area (Å²) in [6.45, 7) is 0.883. The van der Waals surface area contributed by atoms with Crippen molar-refractivity contribution < 1.29 is 0 Å². The van der Waals surface area contributed by atoms with Crippen LogP contribution in [0.3, 0.4) is 0 Å². The van der Waals surface area contributed by atoms with Crippen molar-refractivity contribution in [2.45, 2.75) is 0 Å². The van der Waals surface area contributed by atoms with Crippen LogP contribution in [0, 0.1) is 0 Å². The highest BCUT2D eigenvalue weighted by molar-refractivity contribution is 9.11. The monoisotopic (exact) mass is 303 g/mol. The first kappa shape index (κ1) is 11.0. The average Bonchev–Trinajstić information content (AvgIpc) is 2.10. The highest BCUT2D eigenvalue weighted by Crippen LogP contribution is 2.26. The van der Waals surface area contributed by atoms with E-state index in [1.165, 1.54) is 5.56 Å². The maximum Gasteiger partial charge on any atom is 0.0258 e. The second-order valence-corrected chi connectivity index (χ2v) is 4.30. The summed E-state index contributed by atoms with van der Waals surface area (Å²) < 4.78 is 2.21. The van der Waals surface area contributed by atoms with E-state index in [1.807, 2.05) is 25.2 Å². The minimum atomic E-state index is 0.883. The lowest BCUT2D eigenvalue weighted by atomic mass is 10.2. The SMILES string of the molecule is CNCC=Cc1c(Br)cccc1Br. The van der Waals surface area contributed by atoms with Crippen LogP contribution in [0.25, 0.3) is 6.08 Å². The van der Waals surface area contributed by atoms with Gasteiger partial charge in [0, 0.05) is 21.1 Å². The molecule has 0 bridgehead atoms. The second kappa shape index (κ2) is 5.58. The summed E-state index contributed by atoms with van der Waals surface area (Å²) in [7, 11) is 1.93. The van der Waals surface area contributed by atoms with Gasteiger partial charge in [0.05, 0.1) is 0 Å². The van der Waals surface area contributed by atoms with E-state index in [2.05, 4.69) is 49.3 Å². The van der Waals surface area contributed by atoms with Crippen molar-refractivity contribution in [3.8, 4) is 0 Å². The average molecular weight is 305 g/mol. The number of likely N-dealkylation sites (N-methyl/N-ethyl adjacent to an activating group) is 1. The quantitative estimate of drug-likeness (QED) is 0.902. The smallest absolute Gasteiger partial charge is 0.0258 e. The van der Waals surface area contributed by atoms with Crippen molar-refractivity contribution >= 4 is 37.9 Å². The van der Waals surface area contributed by atoms with Crippen molar-refractivity contribution in [2.24, 2.45) is 0 Å². The van der Waals surface area contributed by atoms with Gasteiger partial charge in [-0.2, -0.15) is 0 Å². The van der Waals surface area contributed by atoms with Crippen LogP contribution in [0.1, 0.15) is 5.56 Å². The lowest BCUT2D eigenvalue weighted by molar-refractivity contribution is 0.922. The molecule has 0 saturated heterocycles. The van der Waals surface area contributed by atoms with Gasteiger partial charge in [0.2, 0.25) is 0 Å². The maximum atomic E-state index is 3.50. The molecule has 0 aliphatic rings. The first-order chi connectivity index (χ1) is 6.25. The Hall–Kier alpha value is -0.120. The molecule has 3 heteroatoms. The Kier molecular flexibility index (Phi) is 4.70. The molecule has 0 saturated carbocycles. The fourth-order valence-corrected chi connectivity index (χ4v) is 2.23. The third-order valence-corrected chi connectivity index (χ3v) is 2.99. The molecule has 0 amide bonds. The zero-order chi connectivity index (χ0) is 9.68. The van der Waals surface area contributed by atoms with Crippen molar-refractivity contribution in [3.63, 3.8) is 0 Å². The van der Waals surface area contributed by atoms with Gasteiger partial charge in [-0.05, 0) is 19.2 Å². The van der Waals surface area contributed by atoms with Gasteiger partial charge in [0.25, 0.3) is 0 Å². The number of hydrogen-bond donors (Lipinski definition) is 1. The van der Waals surface area contributed by atoms with Crippen LogP contribution in [0.2, 0.25) is 0 Å². The highest BCUT2D eigenvalue weighted by atomic mass is 79.9. The number of halogens is 2. The molecule has 0 radical (unpaired) electrons. The summed E-state index contributed by atoms with van der Waals surface area (Å²) in [5.41, 5.74) is 1.18. The van der Waals surface area contributed by atoms with E-state index in [9.17, 15) is 0 Å². The van der Waals surface area contributed by atoms with E-state index in [4.69, 9.17) is 0 Å². The fourth-order valence-electron chi connectivity index (χ4n) is 0.965. The van der Waals surface area contributed by atoms with E-state index in [0.717, 1.165) is 15.5 Å². The van der Waals surface area contributed by atoms with E-state index in [1.54, 1.807) is 0 Å². The first-order valence-corrected chi connectivity index (χ1v) is 5.59. The molecule has 0 unspecified atom stereocenters. The molecule has 1 nitrogen and oxygen atoms in total. The number of nitrogens with one attached hydrogen (secondary N) is 1. The van der Waals surface area contributed by atoms with E-state index in [0.29, 0.717) is 0 Å². The van der Waals surface area contributed by atoms with Crippen molar-refractivity contribution in [1.82, 2.24) is 5.32 Å². The summed E-state index contributed by atoms with van der Waals surface area (Å²) in [5.74, 6) is 0. The Bertz CT molecular complexity index is 288. The Labute approximate surface area is 95.5 Å². The number of benzene rings is 1. The van der Waals surface area contributed by atoms with Crippen molar-refractivity contribution in [3.05, 3.63) is 38.8 Å². The van der Waals surface area contributed by atoms with Gasteiger partial charge in [0.15, 0.2) is 0 Å². The molecule has 0 spiro atoms. The predicted octanol–water partition coefficient (Wildman–Crippen LogP) is 3.44. The predicted molar refractivity (Wildman–Crippen MR) is 64.8 cm³/mol. The highest BCUT2D eigenvalue weighted by Gasteiger charge is 1.98. The van der Waals surface area contributed by atoms with Crippen molar-refractivity contribution in [1.29, 1.82) is 0 Å². The topological polar surface area (TPSA) is 12.0 Å². The van der Waals surface area contributed by atoms with Crippen LogP contribution in [0.4, 0.5) is 0 Å². The summed E-state index contributed by atoms with van der Waals surface area (Å²) in [6.07, 6.45) is 4.18. The zero-order valence-corrected chi connectivity index (χ0v) is 10.5. The molecule has 70 valence electrons. The third kappa shape index (κ3) is 3.25. The second-order valence-electron chi connectivity index (χ2n) is 2.60. The number of hydrogen-bond acceptors (Lipinski definition) is 1. The van der Waals surface area contributed by atoms with E-state index in [-0.39, 0.29) is 0 Å². The van der Waals surface area contributed by atoms with Crippen LogP contribution in [0.15, 0.2) is 33.2 Å². The summed E-state index contributed by atoms with van der Waals surface area (Å²) in [6, 6.07) is 6.07. The van der Waals surface area contributed by atoms with Crippen LogP contribution in [-0.2, 0) is 0 Å². The Morgan fingerprint density at radius 1 is 1.31 bits per heavy atom. The molecule has 1 rings (SSSR count). The van der Waals surface area contributed by atoms with E-state index >= 15 is 0 Å². The largest absolute Gasteiger partial charge is 0.316 e. The third-order valence-electron chi connectivity index (χ3n) is 1.61. The summed E-state index contributed by atoms with van der Waals surface area (Å²) in [4.78, 5) is 0. The Morgan fingerprint density at radius 3 is 2.46 bits per heavy atom. The van der Waals surface area contributed by atoms with Crippen LogP contribution < -0.4 is 5.32 Å². The zero-order valence-electron chi connectivity index (χ0n) is 7.35. The molecule has 0 fully saturated rings. The number of rotatable bonds is 3. The van der Waals surface area contributed by atoms with Gasteiger partial charge in [-0.1, -0.05) is 50.1 Å². The van der Waals surface area contributed by atoms with E-state index < -0.39 is 0 Å². The van der Waals surface area contributed by atoms with Crippen LogP contribution in [-0.4, -0.2) is 13.6 Å². The normalized spacial score (nSPS) is 11.0. The first-order valence-electron chi connectivity index (χ1n) is 4.01. The molecule has 1 N–H and O–H groups in total. The molecule has 13 heavy (non-hydrogen) atoms. The van der Waals surface area contributed by atoms with Crippen LogP contribution >= 0.6 is 31.9 Å². The minimum absolute atomic E-state index is 0.883. The Balaban J connectivity index is 2.87. The fraction of sp³-hybridized carbons (Fsp3) is 0.200. The molecule has 0 atom stereocenters.